The molecule has 0 aromatic heterocycles. The monoisotopic (exact) mass is 314 g/mol. The van der Waals surface area contributed by atoms with Gasteiger partial charge in [0.05, 0.1) is 6.61 Å². The van der Waals surface area contributed by atoms with Crippen molar-refractivity contribution in [3.05, 3.63) is 59.7 Å². The number of ether oxygens (including phenoxy) is 2. The Morgan fingerprint density at radius 1 is 1.09 bits per heavy atom. The lowest BCUT2D eigenvalue weighted by Crippen LogP contribution is -2.14. The summed E-state index contributed by atoms with van der Waals surface area (Å²) in [5.74, 6) is 0.0128. The predicted octanol–water partition coefficient (Wildman–Crippen LogP) is 2.76. The molecule has 0 aliphatic carbocycles. The lowest BCUT2D eigenvalue weighted by molar-refractivity contribution is -0.145. The third kappa shape index (κ3) is 5.14. The predicted molar refractivity (Wildman–Crippen MR) is 84.7 cm³/mol. The fourth-order valence-electron chi connectivity index (χ4n) is 2.06. The summed E-state index contributed by atoms with van der Waals surface area (Å²) in [6, 6.07) is 13.2. The van der Waals surface area contributed by atoms with Crippen molar-refractivity contribution in [3.8, 4) is 11.5 Å². The summed E-state index contributed by atoms with van der Waals surface area (Å²) in [7, 11) is 0. The van der Waals surface area contributed by atoms with Gasteiger partial charge in [0.25, 0.3) is 0 Å². The third-order valence-corrected chi connectivity index (χ3v) is 3.09. The van der Waals surface area contributed by atoms with Gasteiger partial charge in [0.2, 0.25) is 0 Å². The first kappa shape index (κ1) is 16.5. The standard InChI is InChI=1S/C18H18O5/c1-2-22-18(21)12-23-16-8-3-5-13(9-16)10-17(20)14-6-4-7-15(19)11-14/h3-9,11,19H,2,10,12H2,1H3. The molecule has 2 aromatic rings. The third-order valence-electron chi connectivity index (χ3n) is 3.09. The summed E-state index contributed by atoms with van der Waals surface area (Å²) in [5, 5.41) is 9.42. The fourth-order valence-corrected chi connectivity index (χ4v) is 2.06. The van der Waals surface area contributed by atoms with Gasteiger partial charge in [0, 0.05) is 12.0 Å². The number of ketones is 1. The molecule has 1 N–H and O–H groups in total. The van der Waals surface area contributed by atoms with E-state index in [-0.39, 0.29) is 24.6 Å². The van der Waals surface area contributed by atoms with Gasteiger partial charge in [0.1, 0.15) is 11.5 Å². The van der Waals surface area contributed by atoms with Gasteiger partial charge in [-0.2, -0.15) is 0 Å². The minimum absolute atomic E-state index is 0.0578. The second kappa shape index (κ2) is 7.98. The van der Waals surface area contributed by atoms with E-state index in [1.165, 1.54) is 12.1 Å². The number of carbonyl (C=O) groups is 2. The molecule has 0 unspecified atom stereocenters. The van der Waals surface area contributed by atoms with Crippen LogP contribution in [0.25, 0.3) is 0 Å². The SMILES string of the molecule is CCOC(=O)COc1cccc(CC(=O)c2cccc(O)c2)c1. The zero-order chi connectivity index (χ0) is 16.7. The quantitative estimate of drug-likeness (QED) is 0.628. The number of aromatic hydroxyl groups is 1. The molecule has 0 saturated heterocycles. The number of Topliss-reactive ketones (excluding diaryl/α,β-unsaturated/α-hetero) is 1. The van der Waals surface area contributed by atoms with Crippen LogP contribution in [0.1, 0.15) is 22.8 Å². The van der Waals surface area contributed by atoms with Crippen molar-refractivity contribution in [1.82, 2.24) is 0 Å². The van der Waals surface area contributed by atoms with Gasteiger partial charge in [-0.25, -0.2) is 4.79 Å². The van der Waals surface area contributed by atoms with Gasteiger partial charge in [0.15, 0.2) is 12.4 Å². The van der Waals surface area contributed by atoms with Crippen LogP contribution in [-0.4, -0.2) is 30.1 Å². The second-order valence-electron chi connectivity index (χ2n) is 4.89. The molecule has 0 saturated carbocycles. The summed E-state index contributed by atoms with van der Waals surface area (Å²) >= 11 is 0. The average Bonchev–Trinajstić information content (AvgIpc) is 2.53. The van der Waals surface area contributed by atoms with Crippen molar-refractivity contribution in [1.29, 1.82) is 0 Å². The topological polar surface area (TPSA) is 72.8 Å². The molecule has 5 nitrogen and oxygen atoms in total. The Kier molecular flexibility index (Phi) is 5.74. The van der Waals surface area contributed by atoms with Gasteiger partial charge in [-0.1, -0.05) is 24.3 Å². The zero-order valence-electron chi connectivity index (χ0n) is 12.8. The molecule has 0 aliphatic rings. The number of benzene rings is 2. The lowest BCUT2D eigenvalue weighted by Gasteiger charge is -2.08. The van der Waals surface area contributed by atoms with Gasteiger partial charge in [-0.05, 0) is 36.8 Å². The molecule has 5 heteroatoms. The number of phenols is 1. The second-order valence-corrected chi connectivity index (χ2v) is 4.89. The number of rotatable bonds is 7. The van der Waals surface area contributed by atoms with Crippen molar-refractivity contribution in [2.75, 3.05) is 13.2 Å². The highest BCUT2D eigenvalue weighted by atomic mass is 16.6. The molecular formula is C18H18O5. The molecule has 0 fully saturated rings. The minimum atomic E-state index is -0.436. The van der Waals surface area contributed by atoms with Crippen molar-refractivity contribution >= 4 is 11.8 Å². The molecular weight excluding hydrogens is 296 g/mol. The molecule has 2 aromatic carbocycles. The zero-order valence-corrected chi connectivity index (χ0v) is 12.8. The molecule has 0 spiro atoms. The maximum atomic E-state index is 12.2. The Balaban J connectivity index is 1.99. The maximum Gasteiger partial charge on any atom is 0.344 e. The van der Waals surface area contributed by atoms with Gasteiger partial charge in [-0.3, -0.25) is 4.79 Å². The highest BCUT2D eigenvalue weighted by Crippen LogP contribution is 2.17. The molecule has 0 radical (unpaired) electrons. The van der Waals surface area contributed by atoms with Crippen LogP contribution < -0.4 is 4.74 Å². The maximum absolute atomic E-state index is 12.2. The summed E-state index contributed by atoms with van der Waals surface area (Å²) < 4.78 is 10.1. The van der Waals surface area contributed by atoms with Crippen molar-refractivity contribution in [2.45, 2.75) is 13.3 Å². The molecule has 23 heavy (non-hydrogen) atoms. The van der Waals surface area contributed by atoms with Crippen molar-refractivity contribution < 1.29 is 24.2 Å². The fraction of sp³-hybridized carbons (Fsp3) is 0.222. The first-order valence-corrected chi connectivity index (χ1v) is 7.28. The van der Waals surface area contributed by atoms with E-state index in [4.69, 9.17) is 9.47 Å². The summed E-state index contributed by atoms with van der Waals surface area (Å²) in [4.78, 5) is 23.5. The van der Waals surface area contributed by atoms with E-state index in [0.29, 0.717) is 17.9 Å². The van der Waals surface area contributed by atoms with E-state index in [9.17, 15) is 14.7 Å². The molecule has 0 bridgehead atoms. The van der Waals surface area contributed by atoms with E-state index in [1.807, 2.05) is 0 Å². The number of hydrogen-bond acceptors (Lipinski definition) is 5. The minimum Gasteiger partial charge on any atom is -0.508 e. The largest absolute Gasteiger partial charge is 0.508 e. The highest BCUT2D eigenvalue weighted by Gasteiger charge is 2.09. The first-order chi connectivity index (χ1) is 11.1. The number of carbonyl (C=O) groups excluding carboxylic acids is 2. The Labute approximate surface area is 134 Å². The van der Waals surface area contributed by atoms with Crippen LogP contribution in [0, 0.1) is 0 Å². The average molecular weight is 314 g/mol. The van der Waals surface area contributed by atoms with Crippen LogP contribution >= 0.6 is 0 Å². The first-order valence-electron chi connectivity index (χ1n) is 7.28. The molecule has 0 atom stereocenters. The van der Waals surface area contributed by atoms with E-state index in [0.717, 1.165) is 5.56 Å². The van der Waals surface area contributed by atoms with Crippen molar-refractivity contribution in [2.24, 2.45) is 0 Å². The van der Waals surface area contributed by atoms with Crippen LogP contribution in [0.2, 0.25) is 0 Å². The van der Waals surface area contributed by atoms with Crippen molar-refractivity contribution in [3.63, 3.8) is 0 Å². The van der Waals surface area contributed by atoms with E-state index in [1.54, 1.807) is 43.3 Å². The van der Waals surface area contributed by atoms with E-state index < -0.39 is 5.97 Å². The van der Waals surface area contributed by atoms with E-state index >= 15 is 0 Å². The Morgan fingerprint density at radius 3 is 2.61 bits per heavy atom. The normalized spacial score (nSPS) is 10.1. The number of phenolic OH excluding ortho intramolecular Hbond substituents is 1. The summed E-state index contributed by atoms with van der Waals surface area (Å²) in [6.45, 7) is 1.87. The van der Waals surface area contributed by atoms with Crippen LogP contribution in [0.4, 0.5) is 0 Å². The van der Waals surface area contributed by atoms with Crippen LogP contribution in [0.3, 0.4) is 0 Å². The van der Waals surface area contributed by atoms with Gasteiger partial charge in [-0.15, -0.1) is 0 Å². The summed E-state index contributed by atoms with van der Waals surface area (Å²) in [5.41, 5.74) is 1.21. The highest BCUT2D eigenvalue weighted by molar-refractivity contribution is 5.97. The Bertz CT molecular complexity index is 693. The molecule has 2 rings (SSSR count). The number of esters is 1. The Morgan fingerprint density at radius 2 is 1.87 bits per heavy atom. The summed E-state index contributed by atoms with van der Waals surface area (Å²) in [6.07, 6.45) is 0.181. The van der Waals surface area contributed by atoms with E-state index in [2.05, 4.69) is 0 Å². The molecule has 120 valence electrons. The molecule has 0 amide bonds. The van der Waals surface area contributed by atoms with Crippen LogP contribution in [-0.2, 0) is 16.0 Å². The smallest absolute Gasteiger partial charge is 0.344 e. The van der Waals surface area contributed by atoms with Crippen LogP contribution in [0.15, 0.2) is 48.5 Å². The molecule has 0 aliphatic heterocycles. The molecule has 0 heterocycles. The lowest BCUT2D eigenvalue weighted by atomic mass is 10.0. The Hall–Kier alpha value is -2.82. The number of hydrogen-bond donors (Lipinski definition) is 1. The van der Waals surface area contributed by atoms with Gasteiger partial charge >= 0.3 is 5.97 Å². The van der Waals surface area contributed by atoms with Gasteiger partial charge < -0.3 is 14.6 Å². The van der Waals surface area contributed by atoms with Crippen LogP contribution in [0.5, 0.6) is 11.5 Å².